The van der Waals surface area contributed by atoms with Gasteiger partial charge in [0.15, 0.2) is 5.13 Å². The number of nitrogens with zero attached hydrogens (tertiary/aromatic N) is 4. The van der Waals surface area contributed by atoms with Gasteiger partial charge in [-0.2, -0.15) is 0 Å². The van der Waals surface area contributed by atoms with Crippen molar-refractivity contribution in [1.82, 2.24) is 19.4 Å². The highest BCUT2D eigenvalue weighted by atomic mass is 35.5. The monoisotopic (exact) mass is 388 g/mol. The van der Waals surface area contributed by atoms with Crippen molar-refractivity contribution in [3.8, 4) is 10.9 Å². The third kappa shape index (κ3) is 3.32. The van der Waals surface area contributed by atoms with Crippen LogP contribution in [0.1, 0.15) is 21.8 Å². The number of carbonyl (C=O) groups excluding carboxylic acids is 1. The van der Waals surface area contributed by atoms with Crippen molar-refractivity contribution < 1.29 is 9.53 Å². The van der Waals surface area contributed by atoms with Crippen molar-refractivity contribution >= 4 is 28.8 Å². The molecular weight excluding hydrogens is 372 g/mol. The number of hydrogen-bond acceptors (Lipinski definition) is 5. The van der Waals surface area contributed by atoms with Gasteiger partial charge in [-0.05, 0) is 19.1 Å². The lowest BCUT2D eigenvalue weighted by atomic mass is 10.3. The normalized spacial score (nSPS) is 16.8. The summed E-state index contributed by atoms with van der Waals surface area (Å²) in [5.74, 6) is 0.607. The Morgan fingerprint density at radius 2 is 2.19 bits per heavy atom. The summed E-state index contributed by atoms with van der Waals surface area (Å²) in [5.41, 5.74) is 0.755. The molecule has 1 fully saturated rings. The number of hydrogen-bond donors (Lipinski definition) is 0. The average Bonchev–Trinajstić information content (AvgIpc) is 3.36. The summed E-state index contributed by atoms with van der Waals surface area (Å²) in [5, 5.41) is 1.28. The van der Waals surface area contributed by atoms with E-state index in [2.05, 4.69) is 9.97 Å². The van der Waals surface area contributed by atoms with Gasteiger partial charge in [0, 0.05) is 43.8 Å². The highest BCUT2D eigenvalue weighted by molar-refractivity contribution is 7.16. The molecule has 0 N–H and O–H groups in total. The van der Waals surface area contributed by atoms with Crippen molar-refractivity contribution in [2.24, 2.45) is 0 Å². The fourth-order valence-electron chi connectivity index (χ4n) is 2.94. The summed E-state index contributed by atoms with van der Waals surface area (Å²) in [6.07, 6.45) is 7.74. The van der Waals surface area contributed by atoms with Gasteiger partial charge < -0.3 is 14.2 Å². The number of thiazole rings is 1. The van der Waals surface area contributed by atoms with Crippen LogP contribution in [0.15, 0.2) is 43.0 Å². The van der Waals surface area contributed by atoms with Crippen LogP contribution in [-0.2, 0) is 0 Å². The summed E-state index contributed by atoms with van der Waals surface area (Å²) in [6.45, 7) is 3.06. The van der Waals surface area contributed by atoms with Crippen LogP contribution in [0.25, 0.3) is 5.13 Å². The minimum Gasteiger partial charge on any atom is -0.487 e. The highest BCUT2D eigenvalue weighted by Crippen LogP contribution is 2.28. The Hall–Kier alpha value is -2.38. The zero-order valence-electron chi connectivity index (χ0n) is 14.1. The quantitative estimate of drug-likeness (QED) is 0.685. The zero-order valence-corrected chi connectivity index (χ0v) is 15.7. The van der Waals surface area contributed by atoms with E-state index in [0.717, 1.165) is 17.2 Å². The van der Waals surface area contributed by atoms with Crippen LogP contribution in [0.2, 0.25) is 5.02 Å². The molecule has 4 heterocycles. The van der Waals surface area contributed by atoms with E-state index in [1.807, 2.05) is 40.9 Å². The van der Waals surface area contributed by atoms with Crippen LogP contribution in [0, 0.1) is 6.92 Å². The van der Waals surface area contributed by atoms with Gasteiger partial charge in [-0.15, -0.1) is 0 Å². The smallest absolute Gasteiger partial charge is 0.266 e. The Morgan fingerprint density at radius 1 is 1.38 bits per heavy atom. The van der Waals surface area contributed by atoms with Crippen LogP contribution in [0.4, 0.5) is 0 Å². The second-order valence-corrected chi connectivity index (χ2v) is 7.47. The molecule has 0 aromatic carbocycles. The molecular formula is C18H17ClN4O2S. The van der Waals surface area contributed by atoms with Crippen molar-refractivity contribution in [3.05, 3.63) is 58.6 Å². The molecule has 1 saturated heterocycles. The molecule has 8 heteroatoms. The second kappa shape index (κ2) is 7.09. The topological polar surface area (TPSA) is 60.2 Å². The van der Waals surface area contributed by atoms with Gasteiger partial charge >= 0.3 is 0 Å². The maximum atomic E-state index is 12.9. The van der Waals surface area contributed by atoms with Crippen molar-refractivity contribution in [1.29, 1.82) is 0 Å². The Morgan fingerprint density at radius 3 is 2.96 bits per heavy atom. The first-order valence-electron chi connectivity index (χ1n) is 8.28. The van der Waals surface area contributed by atoms with Gasteiger partial charge in [0.1, 0.15) is 21.8 Å². The number of pyridine rings is 1. The average molecular weight is 389 g/mol. The lowest BCUT2D eigenvalue weighted by Crippen LogP contribution is -2.30. The first-order valence-corrected chi connectivity index (χ1v) is 9.47. The summed E-state index contributed by atoms with van der Waals surface area (Å²) in [4.78, 5) is 23.9. The Bertz CT molecular complexity index is 925. The van der Waals surface area contributed by atoms with Crippen molar-refractivity contribution in [3.63, 3.8) is 0 Å². The Balaban J connectivity index is 1.46. The van der Waals surface area contributed by atoms with E-state index in [9.17, 15) is 4.79 Å². The van der Waals surface area contributed by atoms with E-state index in [1.165, 1.54) is 11.3 Å². The molecule has 26 heavy (non-hydrogen) atoms. The number of rotatable bonds is 4. The summed E-state index contributed by atoms with van der Waals surface area (Å²) >= 11 is 7.50. The number of aromatic nitrogens is 3. The largest absolute Gasteiger partial charge is 0.487 e. The van der Waals surface area contributed by atoms with E-state index in [-0.39, 0.29) is 12.0 Å². The summed E-state index contributed by atoms with van der Waals surface area (Å²) < 4.78 is 7.85. The number of halogens is 1. The van der Waals surface area contributed by atoms with E-state index in [0.29, 0.717) is 28.7 Å². The minimum atomic E-state index is -0.0732. The highest BCUT2D eigenvalue weighted by Gasteiger charge is 2.30. The maximum absolute atomic E-state index is 12.9. The maximum Gasteiger partial charge on any atom is 0.266 e. The van der Waals surface area contributed by atoms with E-state index < -0.39 is 0 Å². The number of carbonyl (C=O) groups is 1. The number of likely N-dealkylation sites (tertiary alicyclic amines) is 1. The van der Waals surface area contributed by atoms with Crippen LogP contribution in [-0.4, -0.2) is 44.5 Å². The molecule has 0 bridgehead atoms. The predicted octanol–water partition coefficient (Wildman–Crippen LogP) is 3.58. The Kier molecular flexibility index (Phi) is 4.65. The summed E-state index contributed by atoms with van der Waals surface area (Å²) in [7, 11) is 0. The molecule has 1 amide bonds. The fraction of sp³-hybridized carbons (Fsp3) is 0.278. The molecule has 4 rings (SSSR count). The Labute approximate surface area is 160 Å². The van der Waals surface area contributed by atoms with Gasteiger partial charge in [-0.1, -0.05) is 22.9 Å². The molecule has 0 radical (unpaired) electrons. The number of amides is 1. The van der Waals surface area contributed by atoms with Gasteiger partial charge in [0.25, 0.3) is 5.91 Å². The molecule has 1 aliphatic rings. The lowest BCUT2D eigenvalue weighted by molar-refractivity contribution is 0.0776. The molecule has 1 aliphatic heterocycles. The van der Waals surface area contributed by atoms with Crippen LogP contribution in [0.5, 0.6) is 5.75 Å². The van der Waals surface area contributed by atoms with Gasteiger partial charge in [0.05, 0.1) is 12.2 Å². The fourth-order valence-corrected chi connectivity index (χ4v) is 4.11. The molecule has 0 saturated carbocycles. The first kappa shape index (κ1) is 17.1. The molecule has 6 nitrogen and oxygen atoms in total. The lowest BCUT2D eigenvalue weighted by Gasteiger charge is -2.17. The van der Waals surface area contributed by atoms with E-state index >= 15 is 0 Å². The van der Waals surface area contributed by atoms with Gasteiger partial charge in [0.2, 0.25) is 0 Å². The van der Waals surface area contributed by atoms with E-state index in [1.54, 1.807) is 18.5 Å². The number of ether oxygens (including phenoxy) is 1. The van der Waals surface area contributed by atoms with Crippen LogP contribution in [0.3, 0.4) is 0 Å². The summed E-state index contributed by atoms with van der Waals surface area (Å²) in [6, 6.07) is 5.61. The third-order valence-corrected chi connectivity index (χ3v) is 5.71. The SMILES string of the molecule is Cc1nc(-n2cccc2)sc1C(=O)N1CC[C@H](Oc2ccncc2Cl)C1. The first-order chi connectivity index (χ1) is 12.6. The molecule has 3 aromatic heterocycles. The molecule has 0 spiro atoms. The minimum absolute atomic E-state index is 0.00494. The van der Waals surface area contributed by atoms with Crippen LogP contribution < -0.4 is 4.74 Å². The molecule has 134 valence electrons. The van der Waals surface area contributed by atoms with Crippen molar-refractivity contribution in [2.45, 2.75) is 19.4 Å². The zero-order chi connectivity index (χ0) is 18.1. The molecule has 0 aliphatic carbocycles. The van der Waals surface area contributed by atoms with Crippen LogP contribution >= 0.6 is 22.9 Å². The second-order valence-electron chi connectivity index (χ2n) is 6.09. The van der Waals surface area contributed by atoms with E-state index in [4.69, 9.17) is 16.3 Å². The predicted molar refractivity (Wildman–Crippen MR) is 100 cm³/mol. The standard InChI is InChI=1S/C18H17ClN4O2S/c1-12-16(26-18(21-12)22-7-2-3-8-22)17(24)23-9-5-13(11-23)25-15-4-6-20-10-14(15)19/h2-4,6-8,10,13H,5,9,11H2,1H3/t13-/m0/s1. The molecule has 1 atom stereocenters. The van der Waals surface area contributed by atoms with Gasteiger partial charge in [-0.25, -0.2) is 4.98 Å². The van der Waals surface area contributed by atoms with Crippen molar-refractivity contribution in [2.75, 3.05) is 13.1 Å². The number of aryl methyl sites for hydroxylation is 1. The molecule has 0 unspecified atom stereocenters. The third-order valence-electron chi connectivity index (χ3n) is 4.27. The van der Waals surface area contributed by atoms with Gasteiger partial charge in [-0.3, -0.25) is 9.78 Å². The molecule has 3 aromatic rings.